The molecule has 2 fully saturated rings. The Morgan fingerprint density at radius 3 is 2.97 bits per heavy atom. The molecule has 0 aliphatic carbocycles. The third-order valence-corrected chi connectivity index (χ3v) is 6.92. The summed E-state index contributed by atoms with van der Waals surface area (Å²) in [5, 5.41) is 0.971. The van der Waals surface area contributed by atoms with Gasteiger partial charge in [0.2, 0.25) is 5.91 Å². The van der Waals surface area contributed by atoms with Crippen LogP contribution in [0.25, 0.3) is 22.2 Å². The summed E-state index contributed by atoms with van der Waals surface area (Å²) in [6.07, 6.45) is 5.72. The zero-order chi connectivity index (χ0) is 22.6. The molecular formula is C24H26N4O5. The van der Waals surface area contributed by atoms with E-state index in [1.54, 1.807) is 7.11 Å². The number of fused-ring (bicyclic) bond motifs is 3. The number of hydrogen-bond donors (Lipinski definition) is 1. The van der Waals surface area contributed by atoms with Crippen molar-refractivity contribution in [2.24, 2.45) is 5.73 Å². The van der Waals surface area contributed by atoms with Crippen molar-refractivity contribution in [1.82, 2.24) is 14.5 Å². The normalized spacial score (nSPS) is 24.1. The molecule has 0 radical (unpaired) electrons. The van der Waals surface area contributed by atoms with E-state index in [2.05, 4.69) is 15.7 Å². The van der Waals surface area contributed by atoms with Crippen molar-refractivity contribution < 1.29 is 23.7 Å². The van der Waals surface area contributed by atoms with Gasteiger partial charge in [-0.3, -0.25) is 9.78 Å². The Hall–Kier alpha value is -3.01. The fourth-order valence-electron chi connectivity index (χ4n) is 5.22. The summed E-state index contributed by atoms with van der Waals surface area (Å²) >= 11 is 0. The van der Waals surface area contributed by atoms with Crippen molar-refractivity contribution in [3.05, 3.63) is 41.5 Å². The molecular weight excluding hydrogens is 424 g/mol. The third kappa shape index (κ3) is 3.30. The van der Waals surface area contributed by atoms with Gasteiger partial charge in [0, 0.05) is 48.4 Å². The molecule has 9 heteroatoms. The molecule has 2 saturated heterocycles. The van der Waals surface area contributed by atoms with Gasteiger partial charge in [0.1, 0.15) is 11.4 Å². The summed E-state index contributed by atoms with van der Waals surface area (Å²) < 4.78 is 25.5. The van der Waals surface area contributed by atoms with E-state index in [9.17, 15) is 4.79 Å². The van der Waals surface area contributed by atoms with E-state index < -0.39 is 11.5 Å². The zero-order valence-corrected chi connectivity index (χ0v) is 18.5. The number of methoxy groups -OCH3 is 1. The quantitative estimate of drug-likeness (QED) is 0.635. The highest BCUT2D eigenvalue weighted by molar-refractivity contribution is 5.96. The van der Waals surface area contributed by atoms with Crippen LogP contribution in [0, 0.1) is 0 Å². The van der Waals surface area contributed by atoms with Crippen molar-refractivity contribution in [3.8, 4) is 17.0 Å². The predicted molar refractivity (Wildman–Crippen MR) is 119 cm³/mol. The number of amides is 1. The number of carbonyl (C=O) groups is 1. The van der Waals surface area contributed by atoms with Crippen LogP contribution < -0.4 is 10.5 Å². The van der Waals surface area contributed by atoms with Gasteiger partial charge in [-0.15, -0.1) is 0 Å². The Morgan fingerprint density at radius 1 is 1.33 bits per heavy atom. The van der Waals surface area contributed by atoms with Gasteiger partial charge >= 0.3 is 0 Å². The summed E-state index contributed by atoms with van der Waals surface area (Å²) in [6, 6.07) is 4.13. The van der Waals surface area contributed by atoms with Crippen LogP contribution in [0.4, 0.5) is 0 Å². The lowest BCUT2D eigenvalue weighted by Crippen LogP contribution is -2.26. The van der Waals surface area contributed by atoms with Gasteiger partial charge in [-0.2, -0.15) is 0 Å². The zero-order valence-electron chi connectivity index (χ0n) is 18.5. The Kier molecular flexibility index (Phi) is 4.86. The predicted octanol–water partition coefficient (Wildman–Crippen LogP) is 2.24. The molecule has 1 spiro atoms. The molecule has 3 aromatic rings. The van der Waals surface area contributed by atoms with Gasteiger partial charge in [0.25, 0.3) is 0 Å². The van der Waals surface area contributed by atoms with E-state index in [-0.39, 0.29) is 12.5 Å². The standard InChI is InChI=1S/C24H26N4O5/c1-30-21-8-19(27-23-18(21)12-33-24(23)3-5-32-13-24)17-10-28(15-2-4-31-11-15)20-9-26-14(6-16(17)20)7-22(25)29/h6,8-10,15H,2-5,7,11-13H2,1H3,(H2,25,29)/t15-,24?/m1/s1. The maximum atomic E-state index is 11.5. The summed E-state index contributed by atoms with van der Waals surface area (Å²) in [4.78, 5) is 21.1. The van der Waals surface area contributed by atoms with Crippen molar-refractivity contribution in [2.75, 3.05) is 33.5 Å². The Bertz CT molecular complexity index is 1240. The highest BCUT2D eigenvalue weighted by atomic mass is 16.6. The fourth-order valence-corrected chi connectivity index (χ4v) is 5.22. The van der Waals surface area contributed by atoms with Gasteiger partial charge in [-0.1, -0.05) is 0 Å². The van der Waals surface area contributed by atoms with E-state index in [4.69, 9.17) is 29.7 Å². The van der Waals surface area contributed by atoms with Gasteiger partial charge < -0.3 is 29.2 Å². The molecule has 1 unspecified atom stereocenters. The summed E-state index contributed by atoms with van der Waals surface area (Å²) in [5.74, 6) is 0.347. The molecule has 33 heavy (non-hydrogen) atoms. The first-order valence-electron chi connectivity index (χ1n) is 11.2. The maximum absolute atomic E-state index is 11.5. The lowest BCUT2D eigenvalue weighted by atomic mass is 9.95. The van der Waals surface area contributed by atoms with E-state index in [1.165, 1.54) is 0 Å². The largest absolute Gasteiger partial charge is 0.496 e. The second-order valence-corrected chi connectivity index (χ2v) is 8.93. The Labute approximate surface area is 190 Å². The number of hydrogen-bond acceptors (Lipinski definition) is 7. The molecule has 3 aromatic heterocycles. The van der Waals surface area contributed by atoms with Crippen LogP contribution in [0.15, 0.2) is 24.5 Å². The molecule has 0 saturated carbocycles. The second kappa shape index (κ2) is 7.79. The number of aromatic nitrogens is 3. The summed E-state index contributed by atoms with van der Waals surface area (Å²) in [7, 11) is 1.67. The van der Waals surface area contributed by atoms with Crippen LogP contribution in [-0.4, -0.2) is 54.0 Å². The molecule has 6 heterocycles. The smallest absolute Gasteiger partial charge is 0.223 e. The molecule has 172 valence electrons. The topological polar surface area (TPSA) is 111 Å². The maximum Gasteiger partial charge on any atom is 0.223 e. The average molecular weight is 450 g/mol. The molecule has 9 nitrogen and oxygen atoms in total. The first kappa shape index (κ1) is 20.6. The van der Waals surface area contributed by atoms with Crippen molar-refractivity contribution in [3.63, 3.8) is 0 Å². The van der Waals surface area contributed by atoms with Crippen molar-refractivity contribution in [1.29, 1.82) is 0 Å². The molecule has 3 aliphatic heterocycles. The molecule has 2 N–H and O–H groups in total. The van der Waals surface area contributed by atoms with Crippen LogP contribution >= 0.6 is 0 Å². The Balaban J connectivity index is 1.55. The first-order valence-corrected chi connectivity index (χ1v) is 11.2. The number of nitrogens with zero attached hydrogens (tertiary/aromatic N) is 3. The van der Waals surface area contributed by atoms with Crippen LogP contribution in [-0.2, 0) is 37.6 Å². The van der Waals surface area contributed by atoms with Gasteiger partial charge in [-0.25, -0.2) is 4.98 Å². The van der Waals surface area contributed by atoms with Gasteiger partial charge in [0.05, 0.1) is 68.2 Å². The van der Waals surface area contributed by atoms with Crippen molar-refractivity contribution >= 4 is 16.8 Å². The average Bonchev–Trinajstić information content (AvgIpc) is 3.60. The number of ether oxygens (including phenoxy) is 4. The van der Waals surface area contributed by atoms with Crippen LogP contribution in [0.1, 0.15) is 35.8 Å². The number of primary amides is 1. The first-order chi connectivity index (χ1) is 16.1. The number of pyridine rings is 2. The lowest BCUT2D eigenvalue weighted by Gasteiger charge is -2.21. The summed E-state index contributed by atoms with van der Waals surface area (Å²) in [6.45, 7) is 2.99. The number of nitrogens with two attached hydrogens (primary N) is 1. The van der Waals surface area contributed by atoms with Crippen LogP contribution in [0.3, 0.4) is 0 Å². The number of carbonyl (C=O) groups excluding carboxylic acids is 1. The minimum absolute atomic E-state index is 0.0856. The Morgan fingerprint density at radius 2 is 2.24 bits per heavy atom. The minimum atomic E-state index is -0.519. The van der Waals surface area contributed by atoms with Crippen LogP contribution in [0.2, 0.25) is 0 Å². The number of rotatable bonds is 5. The van der Waals surface area contributed by atoms with E-state index >= 15 is 0 Å². The lowest BCUT2D eigenvalue weighted by molar-refractivity contribution is -0.117. The van der Waals surface area contributed by atoms with Gasteiger partial charge in [0.15, 0.2) is 0 Å². The molecule has 1 amide bonds. The molecule has 0 bridgehead atoms. The molecule has 0 aromatic carbocycles. The monoisotopic (exact) mass is 450 g/mol. The fraction of sp³-hybridized carbons (Fsp3) is 0.458. The van der Waals surface area contributed by atoms with E-state index in [1.807, 2.05) is 18.3 Å². The van der Waals surface area contributed by atoms with E-state index in [0.717, 1.165) is 58.6 Å². The SMILES string of the molecule is COc1cc(-c2cn([C@@H]3CCOC3)c3cnc(CC(N)=O)cc23)nc2c1COC21CCOC1. The van der Waals surface area contributed by atoms with E-state index in [0.29, 0.717) is 32.1 Å². The summed E-state index contributed by atoms with van der Waals surface area (Å²) in [5.41, 5.74) is 10.1. The minimum Gasteiger partial charge on any atom is -0.496 e. The van der Waals surface area contributed by atoms with Crippen molar-refractivity contribution in [2.45, 2.75) is 37.5 Å². The molecule has 3 aliphatic rings. The molecule has 6 rings (SSSR count). The molecule has 2 atom stereocenters. The van der Waals surface area contributed by atoms with Gasteiger partial charge in [-0.05, 0) is 12.5 Å². The van der Waals surface area contributed by atoms with Crippen LogP contribution in [0.5, 0.6) is 5.75 Å². The third-order valence-electron chi connectivity index (χ3n) is 6.92. The highest BCUT2D eigenvalue weighted by Gasteiger charge is 2.46. The second-order valence-electron chi connectivity index (χ2n) is 8.93. The highest BCUT2D eigenvalue weighted by Crippen LogP contribution is 2.46.